The molecule has 150 valence electrons. The maximum absolute atomic E-state index is 12.7. The largest absolute Gasteiger partial charge is 0.275 e. The quantitative estimate of drug-likeness (QED) is 0.477. The zero-order chi connectivity index (χ0) is 20.5. The van der Waals surface area contributed by atoms with Crippen LogP contribution in [0.1, 0.15) is 31.0 Å². The number of nitrogens with zero attached hydrogens (tertiary/aromatic N) is 5. The standard InChI is InChI=1S/C22H25N5OS/c1-5-6-11-29(28)22-13-21-23-19(17-9-7-15(2)8-10-17)12-20(27(21)25-22)18-14-26(4)24-16(18)3/h7-10,12-14H,5-6,11H2,1-4H3. The van der Waals surface area contributed by atoms with Gasteiger partial charge in [0.25, 0.3) is 0 Å². The fourth-order valence-electron chi connectivity index (χ4n) is 3.36. The van der Waals surface area contributed by atoms with E-state index in [4.69, 9.17) is 4.98 Å². The second kappa shape index (κ2) is 7.91. The second-order valence-electron chi connectivity index (χ2n) is 7.35. The van der Waals surface area contributed by atoms with Crippen molar-refractivity contribution < 1.29 is 4.21 Å². The normalized spacial score (nSPS) is 12.6. The van der Waals surface area contributed by atoms with Gasteiger partial charge in [0.1, 0.15) is 0 Å². The highest BCUT2D eigenvalue weighted by Gasteiger charge is 2.17. The number of hydrogen-bond acceptors (Lipinski definition) is 4. The molecule has 0 fully saturated rings. The molecule has 0 aliphatic carbocycles. The summed E-state index contributed by atoms with van der Waals surface area (Å²) in [6.07, 6.45) is 3.91. The van der Waals surface area contributed by atoms with E-state index in [0.29, 0.717) is 16.4 Å². The van der Waals surface area contributed by atoms with Crippen molar-refractivity contribution in [2.24, 2.45) is 7.05 Å². The Labute approximate surface area is 173 Å². The molecular formula is C22H25N5OS. The molecule has 6 nitrogen and oxygen atoms in total. The Morgan fingerprint density at radius 2 is 1.83 bits per heavy atom. The lowest BCUT2D eigenvalue weighted by Crippen LogP contribution is -2.01. The molecule has 0 radical (unpaired) electrons. The van der Waals surface area contributed by atoms with Crippen molar-refractivity contribution >= 4 is 16.4 Å². The number of rotatable bonds is 6. The van der Waals surface area contributed by atoms with Crippen LogP contribution in [0, 0.1) is 13.8 Å². The van der Waals surface area contributed by atoms with E-state index in [1.807, 2.05) is 32.3 Å². The number of aromatic nitrogens is 5. The molecule has 29 heavy (non-hydrogen) atoms. The minimum Gasteiger partial charge on any atom is -0.275 e. The van der Waals surface area contributed by atoms with Crippen molar-refractivity contribution in [3.8, 4) is 22.5 Å². The molecule has 1 atom stereocenters. The van der Waals surface area contributed by atoms with Gasteiger partial charge in [-0.1, -0.05) is 43.2 Å². The summed E-state index contributed by atoms with van der Waals surface area (Å²) in [7, 11) is 0.779. The zero-order valence-electron chi connectivity index (χ0n) is 17.2. The van der Waals surface area contributed by atoms with Crippen LogP contribution in [0.4, 0.5) is 0 Å². The van der Waals surface area contributed by atoms with Gasteiger partial charge in [-0.15, -0.1) is 0 Å². The Balaban J connectivity index is 1.91. The monoisotopic (exact) mass is 407 g/mol. The summed E-state index contributed by atoms with van der Waals surface area (Å²) in [5.41, 5.74) is 6.60. The van der Waals surface area contributed by atoms with E-state index >= 15 is 0 Å². The van der Waals surface area contributed by atoms with Crippen LogP contribution in [0.2, 0.25) is 0 Å². The van der Waals surface area contributed by atoms with Crippen molar-refractivity contribution in [3.63, 3.8) is 0 Å². The molecule has 0 saturated carbocycles. The average Bonchev–Trinajstić information content (AvgIpc) is 3.28. The summed E-state index contributed by atoms with van der Waals surface area (Å²) in [5, 5.41) is 9.72. The predicted octanol–water partition coefficient (Wildman–Crippen LogP) is 4.32. The Hall–Kier alpha value is -2.80. The third-order valence-electron chi connectivity index (χ3n) is 4.96. The van der Waals surface area contributed by atoms with Gasteiger partial charge in [0.2, 0.25) is 0 Å². The van der Waals surface area contributed by atoms with Gasteiger partial charge in [0.15, 0.2) is 10.7 Å². The van der Waals surface area contributed by atoms with Crippen LogP contribution in [0.25, 0.3) is 28.2 Å². The van der Waals surface area contributed by atoms with Gasteiger partial charge in [-0.05, 0) is 26.3 Å². The highest BCUT2D eigenvalue weighted by Crippen LogP contribution is 2.29. The first-order valence-electron chi connectivity index (χ1n) is 9.83. The fourth-order valence-corrected chi connectivity index (χ4v) is 4.53. The minimum absolute atomic E-state index is 0.579. The van der Waals surface area contributed by atoms with E-state index in [9.17, 15) is 4.21 Å². The Kier molecular flexibility index (Phi) is 5.32. The van der Waals surface area contributed by atoms with Crippen molar-refractivity contribution in [3.05, 3.63) is 53.9 Å². The number of aryl methyl sites for hydroxylation is 3. The molecule has 7 heteroatoms. The van der Waals surface area contributed by atoms with E-state index in [1.54, 1.807) is 9.20 Å². The van der Waals surface area contributed by atoms with Gasteiger partial charge < -0.3 is 0 Å². The van der Waals surface area contributed by atoms with Crippen LogP contribution in [-0.4, -0.2) is 34.3 Å². The van der Waals surface area contributed by atoms with Crippen LogP contribution >= 0.6 is 0 Å². The molecule has 0 amide bonds. The van der Waals surface area contributed by atoms with Gasteiger partial charge >= 0.3 is 0 Å². The van der Waals surface area contributed by atoms with E-state index in [1.165, 1.54) is 5.56 Å². The summed E-state index contributed by atoms with van der Waals surface area (Å²) in [4.78, 5) is 4.82. The molecule has 0 spiro atoms. The van der Waals surface area contributed by atoms with Crippen LogP contribution in [0.5, 0.6) is 0 Å². The third-order valence-corrected chi connectivity index (χ3v) is 6.28. The van der Waals surface area contributed by atoms with Crippen molar-refractivity contribution in [2.75, 3.05) is 5.75 Å². The molecule has 0 N–H and O–H groups in total. The zero-order valence-corrected chi connectivity index (χ0v) is 18.0. The predicted molar refractivity (Wildman–Crippen MR) is 116 cm³/mol. The van der Waals surface area contributed by atoms with Gasteiger partial charge in [-0.25, -0.2) is 9.50 Å². The lowest BCUT2D eigenvalue weighted by molar-refractivity contribution is 0.675. The topological polar surface area (TPSA) is 65.1 Å². The summed E-state index contributed by atoms with van der Waals surface area (Å²) >= 11 is 0. The Bertz CT molecular complexity index is 1190. The number of hydrogen-bond donors (Lipinski definition) is 0. The molecule has 0 aliphatic heterocycles. The Morgan fingerprint density at radius 1 is 1.07 bits per heavy atom. The van der Waals surface area contributed by atoms with Gasteiger partial charge in [-0.2, -0.15) is 10.2 Å². The molecule has 3 heterocycles. The van der Waals surface area contributed by atoms with Crippen molar-refractivity contribution in [1.82, 2.24) is 24.4 Å². The molecule has 0 bridgehead atoms. The Morgan fingerprint density at radius 3 is 2.48 bits per heavy atom. The average molecular weight is 408 g/mol. The molecule has 1 aromatic carbocycles. The first-order chi connectivity index (χ1) is 14.0. The number of fused-ring (bicyclic) bond motifs is 1. The summed E-state index contributed by atoms with van der Waals surface area (Å²) in [6.45, 7) is 6.15. The van der Waals surface area contributed by atoms with Crippen LogP contribution in [0.3, 0.4) is 0 Å². The van der Waals surface area contributed by atoms with Crippen LogP contribution in [0.15, 0.2) is 47.6 Å². The maximum atomic E-state index is 12.7. The second-order valence-corrected chi connectivity index (χ2v) is 8.87. The minimum atomic E-state index is -1.13. The lowest BCUT2D eigenvalue weighted by Gasteiger charge is -2.08. The van der Waals surface area contributed by atoms with Crippen LogP contribution < -0.4 is 0 Å². The summed E-state index contributed by atoms with van der Waals surface area (Å²) in [5.74, 6) is 0.618. The summed E-state index contributed by atoms with van der Waals surface area (Å²) < 4.78 is 16.3. The van der Waals surface area contributed by atoms with Gasteiger partial charge in [-0.3, -0.25) is 8.89 Å². The highest BCUT2D eigenvalue weighted by atomic mass is 32.2. The smallest absolute Gasteiger partial charge is 0.157 e. The van der Waals surface area contributed by atoms with E-state index in [0.717, 1.165) is 41.1 Å². The SMILES string of the molecule is CCCCS(=O)c1cc2nc(-c3ccc(C)cc3)cc(-c3cn(C)nc3C)n2n1. The first-order valence-corrected chi connectivity index (χ1v) is 11.1. The lowest BCUT2D eigenvalue weighted by atomic mass is 10.1. The van der Waals surface area contributed by atoms with E-state index in [2.05, 4.69) is 48.3 Å². The van der Waals surface area contributed by atoms with Crippen molar-refractivity contribution in [2.45, 2.75) is 38.6 Å². The molecule has 1 unspecified atom stereocenters. The third kappa shape index (κ3) is 3.87. The van der Waals surface area contributed by atoms with Gasteiger partial charge in [0, 0.05) is 36.2 Å². The molecule has 4 rings (SSSR count). The van der Waals surface area contributed by atoms with E-state index < -0.39 is 10.8 Å². The van der Waals surface area contributed by atoms with Gasteiger partial charge in [0.05, 0.1) is 27.9 Å². The maximum Gasteiger partial charge on any atom is 0.157 e. The molecule has 4 aromatic rings. The molecule has 0 aliphatic rings. The molecule has 0 saturated heterocycles. The number of benzene rings is 1. The van der Waals surface area contributed by atoms with Crippen LogP contribution in [-0.2, 0) is 17.8 Å². The van der Waals surface area contributed by atoms with Crippen molar-refractivity contribution in [1.29, 1.82) is 0 Å². The highest BCUT2D eigenvalue weighted by molar-refractivity contribution is 7.84. The number of unbranched alkanes of at least 4 members (excludes halogenated alkanes) is 1. The first kappa shape index (κ1) is 19.5. The molecular weight excluding hydrogens is 382 g/mol. The molecule has 3 aromatic heterocycles. The summed E-state index contributed by atoms with van der Waals surface area (Å²) in [6, 6.07) is 12.2. The van der Waals surface area contributed by atoms with E-state index in [-0.39, 0.29) is 0 Å². The fraction of sp³-hybridized carbons (Fsp3) is 0.318.